The van der Waals surface area contributed by atoms with Crippen LogP contribution >= 0.6 is 11.6 Å². The van der Waals surface area contributed by atoms with Crippen LogP contribution in [-0.2, 0) is 9.22 Å². The van der Waals surface area contributed by atoms with Gasteiger partial charge in [-0.15, -0.1) is 0 Å². The molecule has 2 amide bonds. The fourth-order valence-electron chi connectivity index (χ4n) is 3.89. The van der Waals surface area contributed by atoms with Gasteiger partial charge in [-0.3, -0.25) is 14.5 Å². The maximum absolute atomic E-state index is 13.2. The molecule has 1 heterocycles. The third-order valence-electron chi connectivity index (χ3n) is 6.08. The van der Waals surface area contributed by atoms with Crippen molar-refractivity contribution in [2.24, 2.45) is 0 Å². The van der Waals surface area contributed by atoms with E-state index >= 15 is 0 Å². The molecule has 1 aliphatic rings. The van der Waals surface area contributed by atoms with Crippen molar-refractivity contribution in [3.63, 3.8) is 0 Å². The molecular weight excluding hydrogens is 402 g/mol. The van der Waals surface area contributed by atoms with Crippen molar-refractivity contribution in [2.75, 3.05) is 0 Å². The smallest absolute Gasteiger partial charge is 0.261 e. The minimum absolute atomic E-state index is 0.247. The zero-order valence-electron chi connectivity index (χ0n) is 17.4. The third-order valence-corrected chi connectivity index (χ3v) is 11.0. The van der Waals surface area contributed by atoms with Crippen LogP contribution in [0.2, 0.25) is 23.2 Å². The molecule has 1 aliphatic heterocycles. The number of hydrogen-bond donors (Lipinski definition) is 0. The highest BCUT2D eigenvalue weighted by Crippen LogP contribution is 2.41. The summed E-state index contributed by atoms with van der Waals surface area (Å²) in [5.41, 5.74) is 2.44. The second-order valence-corrected chi connectivity index (χ2v) is 12.8. The Labute approximate surface area is 179 Å². The molecule has 2 aromatic carbocycles. The predicted molar refractivity (Wildman–Crippen MR) is 119 cm³/mol. The molecule has 2 atom stereocenters. The maximum atomic E-state index is 13.2. The number of halogens is 1. The molecule has 2 aromatic rings. The molecule has 6 heteroatoms. The summed E-state index contributed by atoms with van der Waals surface area (Å²) >= 11 is 6.05. The molecule has 0 bridgehead atoms. The number of hydrogen-bond acceptors (Lipinski definition) is 3. The van der Waals surface area contributed by atoms with E-state index in [1.54, 1.807) is 24.3 Å². The summed E-state index contributed by atoms with van der Waals surface area (Å²) in [6, 6.07) is 17.0. The lowest BCUT2D eigenvalue weighted by Gasteiger charge is -2.48. The normalized spacial score (nSPS) is 19.2. The van der Waals surface area contributed by atoms with Crippen molar-refractivity contribution < 1.29 is 14.0 Å². The van der Waals surface area contributed by atoms with Gasteiger partial charge in [0.15, 0.2) is 14.4 Å². The molecule has 0 spiro atoms. The molecule has 0 N–H and O–H groups in total. The molecule has 0 aliphatic carbocycles. The van der Waals surface area contributed by atoms with E-state index in [1.807, 2.05) is 31.2 Å². The lowest BCUT2D eigenvalue weighted by molar-refractivity contribution is -0.158. The summed E-state index contributed by atoms with van der Waals surface area (Å²) in [6.07, 6.45) is -0.614. The minimum atomic E-state index is -2.01. The molecule has 1 fully saturated rings. The van der Waals surface area contributed by atoms with Crippen molar-refractivity contribution in [3.8, 4) is 0 Å². The van der Waals surface area contributed by atoms with Crippen LogP contribution in [0, 0.1) is 6.92 Å². The lowest BCUT2D eigenvalue weighted by atomic mass is 9.90. The van der Waals surface area contributed by atoms with E-state index in [4.69, 9.17) is 16.0 Å². The van der Waals surface area contributed by atoms with E-state index in [2.05, 4.69) is 20.8 Å². The Hall–Kier alpha value is -1.95. The van der Waals surface area contributed by atoms with Crippen molar-refractivity contribution in [1.82, 2.24) is 4.90 Å². The van der Waals surface area contributed by atoms with Gasteiger partial charge < -0.3 is 4.43 Å². The Morgan fingerprint density at radius 2 is 1.55 bits per heavy atom. The predicted octanol–water partition coefficient (Wildman–Crippen LogP) is 5.76. The topological polar surface area (TPSA) is 46.6 Å². The molecular formula is C23H28ClNO3Si. The summed E-state index contributed by atoms with van der Waals surface area (Å²) in [5, 5.41) is 0.618. The van der Waals surface area contributed by atoms with Gasteiger partial charge in [0, 0.05) is 10.6 Å². The molecule has 0 unspecified atom stereocenters. The highest BCUT2D eigenvalue weighted by atomic mass is 35.5. The second kappa shape index (κ2) is 8.82. The fourth-order valence-corrected chi connectivity index (χ4v) is 6.79. The number of imide groups is 1. The molecule has 4 nitrogen and oxygen atoms in total. The Kier molecular flexibility index (Phi) is 6.61. The summed E-state index contributed by atoms with van der Waals surface area (Å²) in [4.78, 5) is 27.6. The number of rotatable bonds is 7. The Balaban J connectivity index is 1.95. The summed E-state index contributed by atoms with van der Waals surface area (Å²) < 4.78 is 6.53. The minimum Gasteiger partial charge on any atom is -0.403 e. The lowest BCUT2D eigenvalue weighted by Crippen LogP contribution is -2.64. The third kappa shape index (κ3) is 4.18. The number of β-lactam (4-membered cyclic amide) rings is 1. The summed E-state index contributed by atoms with van der Waals surface area (Å²) in [5.74, 6) is -0.533. The number of nitrogens with zero attached hydrogens (tertiary/aromatic N) is 1. The zero-order chi connectivity index (χ0) is 21.2. The SMILES string of the molecule is CC[Si](CC)(CC)O[C@H]1C(=O)N(C(=O)c2ccc(C)cc2)[C@H]1c1ccc(Cl)cc1. The monoisotopic (exact) mass is 429 g/mol. The quantitative estimate of drug-likeness (QED) is 0.319. The van der Waals surface area contributed by atoms with Crippen LogP contribution in [0.3, 0.4) is 0 Å². The fraction of sp³-hybridized carbons (Fsp3) is 0.391. The van der Waals surface area contributed by atoms with E-state index in [0.29, 0.717) is 10.6 Å². The standard InChI is InChI=1S/C23H28ClNO3Si/c1-5-29(6-2,7-3)28-21-20(17-12-14-19(24)15-13-17)25(23(21)27)22(26)18-10-8-16(4)9-11-18/h8-15,20-21H,5-7H2,1-4H3/t20-,21+/m0/s1. The van der Waals surface area contributed by atoms with Gasteiger partial charge in [-0.2, -0.15) is 0 Å². The zero-order valence-corrected chi connectivity index (χ0v) is 19.2. The first-order valence-electron chi connectivity index (χ1n) is 10.2. The van der Waals surface area contributed by atoms with E-state index < -0.39 is 20.5 Å². The highest BCUT2D eigenvalue weighted by molar-refractivity contribution is 6.73. The number of likely N-dealkylation sites (tertiary alicyclic amines) is 1. The average molecular weight is 430 g/mol. The van der Waals surface area contributed by atoms with Crippen LogP contribution in [0.15, 0.2) is 48.5 Å². The van der Waals surface area contributed by atoms with Gasteiger partial charge in [0.25, 0.3) is 11.8 Å². The van der Waals surface area contributed by atoms with Crippen LogP contribution in [-0.4, -0.2) is 31.1 Å². The summed E-state index contributed by atoms with van der Waals surface area (Å²) in [6.45, 7) is 8.37. The van der Waals surface area contributed by atoms with Gasteiger partial charge in [0.1, 0.15) is 0 Å². The molecule has 0 aromatic heterocycles. The van der Waals surface area contributed by atoms with Gasteiger partial charge in [0.2, 0.25) is 0 Å². The van der Waals surface area contributed by atoms with Crippen LogP contribution in [0.5, 0.6) is 0 Å². The van der Waals surface area contributed by atoms with E-state index in [0.717, 1.165) is 29.3 Å². The van der Waals surface area contributed by atoms with Crippen molar-refractivity contribution in [2.45, 2.75) is 58.0 Å². The van der Waals surface area contributed by atoms with Gasteiger partial charge in [-0.05, 0) is 54.9 Å². The van der Waals surface area contributed by atoms with Crippen LogP contribution in [0.4, 0.5) is 0 Å². The number of aryl methyl sites for hydroxylation is 1. The van der Waals surface area contributed by atoms with E-state index in [1.165, 1.54) is 4.90 Å². The van der Waals surface area contributed by atoms with Gasteiger partial charge in [-0.25, -0.2) is 0 Å². The van der Waals surface area contributed by atoms with Crippen molar-refractivity contribution in [3.05, 3.63) is 70.2 Å². The second-order valence-electron chi connectivity index (χ2n) is 7.66. The average Bonchev–Trinajstić information content (AvgIpc) is 2.74. The molecule has 3 rings (SSSR count). The maximum Gasteiger partial charge on any atom is 0.261 e. The first kappa shape index (κ1) is 21.7. The van der Waals surface area contributed by atoms with Gasteiger partial charge in [-0.1, -0.05) is 62.2 Å². The van der Waals surface area contributed by atoms with Crippen LogP contribution in [0.25, 0.3) is 0 Å². The first-order chi connectivity index (χ1) is 13.9. The van der Waals surface area contributed by atoms with E-state index in [9.17, 15) is 9.59 Å². The number of carbonyl (C=O) groups excluding carboxylic acids is 2. The number of amides is 2. The van der Waals surface area contributed by atoms with Crippen LogP contribution in [0.1, 0.15) is 48.3 Å². The molecule has 29 heavy (non-hydrogen) atoms. The van der Waals surface area contributed by atoms with Crippen LogP contribution < -0.4 is 0 Å². The number of benzene rings is 2. The Morgan fingerprint density at radius 3 is 2.07 bits per heavy atom. The van der Waals surface area contributed by atoms with Gasteiger partial charge >= 0.3 is 0 Å². The molecule has 0 saturated carbocycles. The van der Waals surface area contributed by atoms with E-state index in [-0.39, 0.29) is 11.8 Å². The van der Waals surface area contributed by atoms with Crippen molar-refractivity contribution in [1.29, 1.82) is 0 Å². The first-order valence-corrected chi connectivity index (χ1v) is 13.1. The largest absolute Gasteiger partial charge is 0.403 e. The number of carbonyl (C=O) groups is 2. The summed E-state index contributed by atoms with van der Waals surface area (Å²) in [7, 11) is -2.01. The van der Waals surface area contributed by atoms with Crippen molar-refractivity contribution >= 4 is 31.7 Å². The van der Waals surface area contributed by atoms with Gasteiger partial charge in [0.05, 0.1) is 6.04 Å². The Morgan fingerprint density at radius 1 is 1.00 bits per heavy atom. The molecule has 0 radical (unpaired) electrons. The Bertz CT molecular complexity index is 870. The molecule has 1 saturated heterocycles. The molecule has 154 valence electrons. The highest BCUT2D eigenvalue weighted by Gasteiger charge is 2.54.